The Morgan fingerprint density at radius 2 is 1.95 bits per heavy atom. The van der Waals surface area contributed by atoms with Crippen molar-refractivity contribution in [3.63, 3.8) is 0 Å². The Morgan fingerprint density at radius 1 is 1.20 bits per heavy atom. The fourth-order valence-electron chi connectivity index (χ4n) is 1.49. The summed E-state index contributed by atoms with van der Waals surface area (Å²) >= 11 is 5.67. The van der Waals surface area contributed by atoms with Crippen LogP contribution in [0.1, 0.15) is 16.1 Å². The zero-order valence-electron chi connectivity index (χ0n) is 9.82. The van der Waals surface area contributed by atoms with Crippen molar-refractivity contribution >= 4 is 17.4 Å². The molecule has 2 aromatic rings. The molecule has 1 aromatic carbocycles. The van der Waals surface area contributed by atoms with E-state index in [0.29, 0.717) is 0 Å². The summed E-state index contributed by atoms with van der Waals surface area (Å²) in [4.78, 5) is 15.9. The summed E-state index contributed by atoms with van der Waals surface area (Å²) in [6.07, 6.45) is -3.40. The highest BCUT2D eigenvalue weighted by Gasteiger charge is 2.32. The number of benzene rings is 1. The van der Waals surface area contributed by atoms with Gasteiger partial charge in [0.15, 0.2) is 0 Å². The predicted molar refractivity (Wildman–Crippen MR) is 65.8 cm³/mol. The van der Waals surface area contributed by atoms with Crippen molar-refractivity contribution < 1.29 is 22.7 Å². The average Bonchev–Trinajstić information content (AvgIpc) is 2.40. The maximum atomic E-state index is 12.1. The van der Waals surface area contributed by atoms with Crippen molar-refractivity contribution in [1.29, 1.82) is 0 Å². The van der Waals surface area contributed by atoms with E-state index >= 15 is 0 Å². The molecular weight excluding hydrogens is 295 g/mol. The number of alkyl halides is 3. The average molecular weight is 302 g/mol. The van der Waals surface area contributed by atoms with E-state index in [0.717, 1.165) is 12.1 Å². The molecule has 7 heteroatoms. The number of nitrogens with zero attached hydrogens (tertiary/aromatic N) is 1. The van der Waals surface area contributed by atoms with Crippen molar-refractivity contribution in [3.05, 3.63) is 58.9 Å². The van der Waals surface area contributed by atoms with Gasteiger partial charge in [-0.15, -0.1) is 13.2 Å². The van der Waals surface area contributed by atoms with Crippen molar-refractivity contribution in [2.75, 3.05) is 0 Å². The molecule has 20 heavy (non-hydrogen) atoms. The van der Waals surface area contributed by atoms with E-state index in [1.165, 1.54) is 18.3 Å². The largest absolute Gasteiger partial charge is 0.573 e. The molecule has 1 aromatic heterocycles. The zero-order valence-corrected chi connectivity index (χ0v) is 10.6. The third-order valence-corrected chi connectivity index (χ3v) is 2.61. The topological polar surface area (TPSA) is 39.2 Å². The van der Waals surface area contributed by atoms with Crippen LogP contribution in [-0.4, -0.2) is 17.1 Å². The number of hydrogen-bond acceptors (Lipinski definition) is 3. The van der Waals surface area contributed by atoms with Crippen LogP contribution >= 0.6 is 11.6 Å². The van der Waals surface area contributed by atoms with E-state index in [4.69, 9.17) is 11.6 Å². The van der Waals surface area contributed by atoms with Crippen molar-refractivity contribution in [3.8, 4) is 5.75 Å². The first-order valence-electron chi connectivity index (χ1n) is 5.38. The van der Waals surface area contributed by atoms with Crippen LogP contribution in [0.15, 0.2) is 42.6 Å². The van der Waals surface area contributed by atoms with Crippen molar-refractivity contribution in [2.45, 2.75) is 6.36 Å². The molecule has 0 amide bonds. The molecule has 0 unspecified atom stereocenters. The molecule has 0 fully saturated rings. The second-order valence-corrected chi connectivity index (χ2v) is 4.14. The van der Waals surface area contributed by atoms with E-state index < -0.39 is 17.9 Å². The van der Waals surface area contributed by atoms with Crippen LogP contribution in [0.25, 0.3) is 0 Å². The molecule has 0 aliphatic carbocycles. The fraction of sp³-hybridized carbons (Fsp3) is 0.0769. The van der Waals surface area contributed by atoms with Gasteiger partial charge in [0.2, 0.25) is 5.78 Å². The molecule has 0 aliphatic heterocycles. The van der Waals surface area contributed by atoms with Crippen LogP contribution in [0.5, 0.6) is 5.75 Å². The molecule has 2 rings (SSSR count). The van der Waals surface area contributed by atoms with Gasteiger partial charge in [-0.1, -0.05) is 17.7 Å². The normalized spacial score (nSPS) is 11.2. The summed E-state index contributed by atoms with van der Waals surface area (Å²) in [7, 11) is 0. The molecule has 0 radical (unpaired) electrons. The number of rotatable bonds is 3. The number of halogens is 4. The first kappa shape index (κ1) is 14.3. The van der Waals surface area contributed by atoms with E-state index in [1.54, 1.807) is 12.1 Å². The SMILES string of the molecule is O=C(c1ccc(OC(F)(F)F)c(Cl)c1)c1ccccn1. The zero-order chi connectivity index (χ0) is 14.8. The smallest absolute Gasteiger partial charge is 0.404 e. The Morgan fingerprint density at radius 3 is 2.50 bits per heavy atom. The second kappa shape index (κ2) is 5.50. The molecule has 0 saturated carbocycles. The number of carbonyl (C=O) groups is 1. The summed E-state index contributed by atoms with van der Waals surface area (Å²) in [5, 5.41) is -0.302. The monoisotopic (exact) mass is 301 g/mol. The van der Waals surface area contributed by atoms with Crippen LogP contribution in [0.3, 0.4) is 0 Å². The third kappa shape index (κ3) is 3.48. The molecule has 0 atom stereocenters. The Kier molecular flexibility index (Phi) is 3.94. The van der Waals surface area contributed by atoms with Gasteiger partial charge in [-0.2, -0.15) is 0 Å². The number of ether oxygens (including phenoxy) is 1. The summed E-state index contributed by atoms with van der Waals surface area (Å²) in [5.41, 5.74) is 0.302. The highest BCUT2D eigenvalue weighted by molar-refractivity contribution is 6.32. The Labute approximate surface area is 117 Å². The molecule has 0 spiro atoms. The predicted octanol–water partition coefficient (Wildman–Crippen LogP) is 3.86. The number of aromatic nitrogens is 1. The van der Waals surface area contributed by atoms with Crippen molar-refractivity contribution in [1.82, 2.24) is 4.98 Å². The minimum atomic E-state index is -4.84. The lowest BCUT2D eigenvalue weighted by atomic mass is 10.1. The maximum absolute atomic E-state index is 12.1. The van der Waals surface area contributed by atoms with Gasteiger partial charge in [0, 0.05) is 11.8 Å². The van der Waals surface area contributed by atoms with Crippen LogP contribution in [0.4, 0.5) is 13.2 Å². The lowest BCUT2D eigenvalue weighted by Crippen LogP contribution is -2.17. The Hall–Kier alpha value is -2.08. The van der Waals surface area contributed by atoms with Gasteiger partial charge in [-0.05, 0) is 30.3 Å². The van der Waals surface area contributed by atoms with E-state index in [1.807, 2.05) is 0 Å². The van der Waals surface area contributed by atoms with Gasteiger partial charge in [-0.3, -0.25) is 9.78 Å². The van der Waals surface area contributed by atoms with Gasteiger partial charge in [0.05, 0.1) is 5.02 Å². The molecule has 0 aliphatic rings. The number of hydrogen-bond donors (Lipinski definition) is 0. The summed E-state index contributed by atoms with van der Waals surface area (Å²) in [6.45, 7) is 0. The second-order valence-electron chi connectivity index (χ2n) is 3.74. The van der Waals surface area contributed by atoms with Gasteiger partial charge in [-0.25, -0.2) is 0 Å². The molecule has 3 nitrogen and oxygen atoms in total. The minimum Gasteiger partial charge on any atom is -0.404 e. The molecule has 0 bridgehead atoms. The Balaban J connectivity index is 2.28. The lowest BCUT2D eigenvalue weighted by Gasteiger charge is -2.10. The van der Waals surface area contributed by atoms with Crippen LogP contribution in [-0.2, 0) is 0 Å². The van der Waals surface area contributed by atoms with Gasteiger partial charge < -0.3 is 4.74 Å². The molecular formula is C13H7ClF3NO2. The highest BCUT2D eigenvalue weighted by Crippen LogP contribution is 2.31. The minimum absolute atomic E-state index is 0.128. The Bertz CT molecular complexity index is 629. The molecule has 0 N–H and O–H groups in total. The summed E-state index contributed by atoms with van der Waals surface area (Å²) in [5.74, 6) is -0.997. The van der Waals surface area contributed by atoms with Crippen LogP contribution < -0.4 is 4.74 Å². The molecule has 0 saturated heterocycles. The van der Waals surface area contributed by atoms with E-state index in [9.17, 15) is 18.0 Å². The number of carbonyl (C=O) groups excluding carboxylic acids is 1. The first-order valence-corrected chi connectivity index (χ1v) is 5.75. The number of pyridine rings is 1. The van der Waals surface area contributed by atoms with Crippen LogP contribution in [0.2, 0.25) is 5.02 Å². The summed E-state index contributed by atoms with van der Waals surface area (Å²) in [6, 6.07) is 8.07. The molecule has 1 heterocycles. The quantitative estimate of drug-likeness (QED) is 0.808. The van der Waals surface area contributed by atoms with Gasteiger partial charge >= 0.3 is 6.36 Å². The molecule has 104 valence electrons. The number of ketones is 1. The standard InChI is InChI=1S/C13H7ClF3NO2/c14-9-7-8(4-5-11(9)20-13(15,16)17)12(19)10-3-1-2-6-18-10/h1-7H. The third-order valence-electron chi connectivity index (χ3n) is 2.32. The fourth-order valence-corrected chi connectivity index (χ4v) is 1.71. The van der Waals surface area contributed by atoms with E-state index in [2.05, 4.69) is 9.72 Å². The maximum Gasteiger partial charge on any atom is 0.573 e. The summed E-state index contributed by atoms with van der Waals surface area (Å²) < 4.78 is 40.0. The lowest BCUT2D eigenvalue weighted by molar-refractivity contribution is -0.274. The van der Waals surface area contributed by atoms with Crippen molar-refractivity contribution in [2.24, 2.45) is 0 Å². The highest BCUT2D eigenvalue weighted by atomic mass is 35.5. The van der Waals surface area contributed by atoms with Gasteiger partial charge in [0.25, 0.3) is 0 Å². The van der Waals surface area contributed by atoms with E-state index in [-0.39, 0.29) is 16.3 Å². The van der Waals surface area contributed by atoms with Crippen LogP contribution in [0, 0.1) is 0 Å². The first-order chi connectivity index (χ1) is 9.37. The van der Waals surface area contributed by atoms with Gasteiger partial charge in [0.1, 0.15) is 11.4 Å².